The molecule has 0 radical (unpaired) electrons. The molecule has 2 aliphatic rings. The van der Waals surface area contributed by atoms with Crippen LogP contribution in [0.1, 0.15) is 31.0 Å². The van der Waals surface area contributed by atoms with Gasteiger partial charge in [-0.25, -0.2) is 0 Å². The first-order valence-corrected chi connectivity index (χ1v) is 10.7. The second-order valence-electron chi connectivity index (χ2n) is 6.58. The number of anilines is 1. The second kappa shape index (κ2) is 6.79. The highest BCUT2D eigenvalue weighted by Gasteiger charge is 2.61. The monoisotopic (exact) mass is 387 g/mol. The van der Waals surface area contributed by atoms with Crippen molar-refractivity contribution in [1.29, 1.82) is 0 Å². The molecule has 0 unspecified atom stereocenters. The summed E-state index contributed by atoms with van der Waals surface area (Å²) < 4.78 is 30.6. The van der Waals surface area contributed by atoms with E-state index in [4.69, 9.17) is 13.8 Å². The fraction of sp³-hybridized carbons (Fsp3) is 0.350. The Morgan fingerprint density at radius 1 is 1.07 bits per heavy atom. The van der Waals surface area contributed by atoms with Crippen LogP contribution in [0.25, 0.3) is 0 Å². The number of nitrogens with zero attached hydrogens (tertiary/aromatic N) is 1. The van der Waals surface area contributed by atoms with Crippen LogP contribution >= 0.6 is 7.60 Å². The standard InChI is InChI=1S/C20H22NO5P/c1-4-24-27(23,25-5-2)19-18-14-11-10-13(3)12-17(14)26-16-9-7-6-8-15(16)21(18)20(19)22/h6-12,18-19H,4-5H2,1-3H3/t18-,19-/m1/s1. The predicted octanol–water partition coefficient (Wildman–Crippen LogP) is 4.82. The lowest BCUT2D eigenvalue weighted by atomic mass is 9.91. The first kappa shape index (κ1) is 18.2. The van der Waals surface area contributed by atoms with E-state index in [9.17, 15) is 9.36 Å². The molecule has 0 aliphatic carbocycles. The number of hydrogen-bond donors (Lipinski definition) is 0. The van der Waals surface area contributed by atoms with Crippen LogP contribution in [-0.4, -0.2) is 24.8 Å². The average Bonchev–Trinajstić information content (AvgIpc) is 2.73. The van der Waals surface area contributed by atoms with Crippen LogP contribution in [0.2, 0.25) is 0 Å². The van der Waals surface area contributed by atoms with Crippen LogP contribution < -0.4 is 9.64 Å². The Bertz CT molecular complexity index is 934. The van der Waals surface area contributed by atoms with Gasteiger partial charge in [-0.2, -0.15) is 0 Å². The summed E-state index contributed by atoms with van der Waals surface area (Å²) in [6.45, 7) is 5.89. The van der Waals surface area contributed by atoms with Gasteiger partial charge < -0.3 is 13.8 Å². The lowest BCUT2D eigenvalue weighted by molar-refractivity contribution is -0.124. The Kier molecular flexibility index (Phi) is 4.58. The van der Waals surface area contributed by atoms with Gasteiger partial charge in [0.1, 0.15) is 5.75 Å². The minimum absolute atomic E-state index is 0.210. The van der Waals surface area contributed by atoms with Gasteiger partial charge in [-0.1, -0.05) is 24.3 Å². The summed E-state index contributed by atoms with van der Waals surface area (Å²) in [4.78, 5) is 14.8. The number of benzene rings is 2. The molecule has 2 atom stereocenters. The molecular formula is C20H22NO5P. The Morgan fingerprint density at radius 2 is 1.78 bits per heavy atom. The molecule has 0 saturated carbocycles. The lowest BCUT2D eigenvalue weighted by Gasteiger charge is -2.47. The molecule has 6 nitrogen and oxygen atoms in total. The summed E-state index contributed by atoms with van der Waals surface area (Å²) in [5.41, 5.74) is 1.63. The SMILES string of the molecule is CCOP(=O)(OCC)[C@H]1C(=O)N2c3ccccc3Oc3cc(C)ccc3[C@H]12. The molecule has 2 aromatic rings. The van der Waals surface area contributed by atoms with Crippen LogP contribution in [-0.2, 0) is 18.4 Å². The van der Waals surface area contributed by atoms with E-state index in [1.54, 1.807) is 18.7 Å². The predicted molar refractivity (Wildman–Crippen MR) is 103 cm³/mol. The number of rotatable bonds is 5. The number of carbonyl (C=O) groups is 1. The van der Waals surface area contributed by atoms with Crippen LogP contribution in [0.4, 0.5) is 5.69 Å². The molecule has 27 heavy (non-hydrogen) atoms. The maximum absolute atomic E-state index is 13.4. The van der Waals surface area contributed by atoms with E-state index in [-0.39, 0.29) is 19.1 Å². The van der Waals surface area contributed by atoms with E-state index in [0.717, 1.165) is 11.1 Å². The minimum Gasteiger partial charge on any atom is -0.455 e. The molecule has 1 amide bonds. The lowest BCUT2D eigenvalue weighted by Crippen LogP contribution is -2.59. The molecule has 4 rings (SSSR count). The van der Waals surface area contributed by atoms with Gasteiger partial charge in [-0.05, 0) is 44.5 Å². The topological polar surface area (TPSA) is 65.1 Å². The highest BCUT2D eigenvalue weighted by Crippen LogP contribution is 2.65. The van der Waals surface area contributed by atoms with Gasteiger partial charge in [-0.3, -0.25) is 14.3 Å². The third-order valence-electron chi connectivity index (χ3n) is 4.86. The van der Waals surface area contributed by atoms with Crippen molar-refractivity contribution >= 4 is 19.2 Å². The fourth-order valence-corrected chi connectivity index (χ4v) is 5.90. The molecule has 0 N–H and O–H groups in total. The molecule has 142 valence electrons. The maximum Gasteiger partial charge on any atom is 0.345 e. The zero-order valence-corrected chi connectivity index (χ0v) is 16.4. The molecule has 1 fully saturated rings. The Labute approximate surface area is 158 Å². The van der Waals surface area contributed by atoms with Crippen molar-refractivity contribution in [3.63, 3.8) is 0 Å². The second-order valence-corrected chi connectivity index (χ2v) is 8.74. The summed E-state index contributed by atoms with van der Waals surface area (Å²) >= 11 is 0. The molecule has 1 saturated heterocycles. The summed E-state index contributed by atoms with van der Waals surface area (Å²) in [5.74, 6) is 0.989. The van der Waals surface area contributed by atoms with Crippen LogP contribution in [0.3, 0.4) is 0 Å². The average molecular weight is 387 g/mol. The number of ether oxygens (including phenoxy) is 1. The van der Waals surface area contributed by atoms with Crippen LogP contribution in [0.5, 0.6) is 11.5 Å². The number of β-lactam (4-membered cyclic amide) rings is 1. The third kappa shape index (κ3) is 2.80. The van der Waals surface area contributed by atoms with E-state index in [2.05, 4.69) is 0 Å². The van der Waals surface area contributed by atoms with Crippen molar-refractivity contribution in [3.05, 3.63) is 53.6 Å². The molecular weight excluding hydrogens is 365 g/mol. The Hall–Kier alpha value is -2.14. The quantitative estimate of drug-likeness (QED) is 0.543. The summed E-state index contributed by atoms with van der Waals surface area (Å²) in [7, 11) is -3.61. The first-order chi connectivity index (χ1) is 13.0. The molecule has 0 spiro atoms. The van der Waals surface area contributed by atoms with E-state index in [0.29, 0.717) is 17.2 Å². The smallest absolute Gasteiger partial charge is 0.345 e. The Balaban J connectivity index is 1.88. The Morgan fingerprint density at radius 3 is 2.48 bits per heavy atom. The van der Waals surface area contributed by atoms with Crippen molar-refractivity contribution in [3.8, 4) is 11.5 Å². The summed E-state index contributed by atoms with van der Waals surface area (Å²) in [5, 5.41) is 0. The van der Waals surface area contributed by atoms with Gasteiger partial charge in [0.25, 0.3) is 0 Å². The number of amides is 1. The highest BCUT2D eigenvalue weighted by molar-refractivity contribution is 7.56. The summed E-state index contributed by atoms with van der Waals surface area (Å²) in [6.07, 6.45) is 0. The van der Waals surface area contributed by atoms with Crippen molar-refractivity contribution in [2.24, 2.45) is 0 Å². The molecule has 0 bridgehead atoms. The molecule has 7 heteroatoms. The normalized spacial score (nSPS) is 20.7. The molecule has 2 aromatic carbocycles. The van der Waals surface area contributed by atoms with Gasteiger partial charge in [0.05, 0.1) is 24.9 Å². The highest BCUT2D eigenvalue weighted by atomic mass is 31.2. The zero-order chi connectivity index (χ0) is 19.2. The minimum atomic E-state index is -3.61. The molecule has 0 aromatic heterocycles. The van der Waals surface area contributed by atoms with Gasteiger partial charge in [0, 0.05) is 5.56 Å². The third-order valence-corrected chi connectivity index (χ3v) is 7.28. The summed E-state index contributed by atoms with van der Waals surface area (Å²) in [6, 6.07) is 12.7. The van der Waals surface area contributed by atoms with Gasteiger partial charge in [-0.15, -0.1) is 0 Å². The number of para-hydroxylation sites is 2. The van der Waals surface area contributed by atoms with E-state index in [1.165, 1.54) is 0 Å². The van der Waals surface area contributed by atoms with Crippen molar-refractivity contribution in [1.82, 2.24) is 0 Å². The zero-order valence-electron chi connectivity index (χ0n) is 15.5. The van der Waals surface area contributed by atoms with Crippen molar-refractivity contribution < 1.29 is 23.1 Å². The number of aryl methyl sites for hydroxylation is 1. The van der Waals surface area contributed by atoms with E-state index < -0.39 is 19.3 Å². The molecule has 2 aliphatic heterocycles. The van der Waals surface area contributed by atoms with Crippen molar-refractivity contribution in [2.75, 3.05) is 18.1 Å². The number of hydrogen-bond acceptors (Lipinski definition) is 5. The molecule has 2 heterocycles. The van der Waals surface area contributed by atoms with Gasteiger partial charge in [0.15, 0.2) is 11.4 Å². The largest absolute Gasteiger partial charge is 0.455 e. The first-order valence-electron chi connectivity index (χ1n) is 9.09. The van der Waals surface area contributed by atoms with Gasteiger partial charge >= 0.3 is 7.60 Å². The van der Waals surface area contributed by atoms with Crippen LogP contribution in [0, 0.1) is 6.92 Å². The van der Waals surface area contributed by atoms with Crippen LogP contribution in [0.15, 0.2) is 42.5 Å². The van der Waals surface area contributed by atoms with E-state index >= 15 is 0 Å². The van der Waals surface area contributed by atoms with Crippen molar-refractivity contribution in [2.45, 2.75) is 32.5 Å². The van der Waals surface area contributed by atoms with Gasteiger partial charge in [0.2, 0.25) is 5.91 Å². The maximum atomic E-state index is 13.4. The fourth-order valence-electron chi connectivity index (χ4n) is 3.75. The number of carbonyl (C=O) groups excluding carboxylic acids is 1. The van der Waals surface area contributed by atoms with E-state index in [1.807, 2.05) is 49.4 Å². The number of fused-ring (bicyclic) bond motifs is 5.